The summed E-state index contributed by atoms with van der Waals surface area (Å²) in [5, 5.41) is 12.1. The third-order valence-corrected chi connectivity index (χ3v) is 5.29. The molecule has 9 heteroatoms. The van der Waals surface area contributed by atoms with E-state index >= 15 is 0 Å². The van der Waals surface area contributed by atoms with Gasteiger partial charge in [0.1, 0.15) is 23.1 Å². The molecule has 156 valence electrons. The van der Waals surface area contributed by atoms with Crippen molar-refractivity contribution in [3.63, 3.8) is 0 Å². The fraction of sp³-hybridized carbons (Fsp3) is 0.190. The minimum Gasteiger partial charge on any atom is -0.497 e. The van der Waals surface area contributed by atoms with Crippen molar-refractivity contribution in [1.82, 2.24) is 0 Å². The zero-order chi connectivity index (χ0) is 22.1. The molecule has 0 aliphatic heterocycles. The standard InChI is InChI=1S/C21H18I2N2O5/c1-3-29-19(26)12-30-20-17(22)9-13(10-18(20)23)8-14(11-24)21(27)25-15-4-6-16(28-2)7-5-15/h4-10H,3,12H2,1-2H3,(H,25,27)/b14-8-. The van der Waals surface area contributed by atoms with Gasteiger partial charge in [-0.3, -0.25) is 4.79 Å². The highest BCUT2D eigenvalue weighted by atomic mass is 127. The molecule has 0 radical (unpaired) electrons. The Morgan fingerprint density at radius 1 is 1.17 bits per heavy atom. The van der Waals surface area contributed by atoms with Crippen LogP contribution in [0.15, 0.2) is 42.0 Å². The van der Waals surface area contributed by atoms with Crippen LogP contribution >= 0.6 is 45.2 Å². The van der Waals surface area contributed by atoms with Crippen molar-refractivity contribution in [2.45, 2.75) is 6.92 Å². The largest absolute Gasteiger partial charge is 0.497 e. The molecule has 2 aromatic rings. The Balaban J connectivity index is 2.17. The number of anilines is 1. The van der Waals surface area contributed by atoms with Crippen LogP contribution in [-0.2, 0) is 14.3 Å². The van der Waals surface area contributed by atoms with E-state index < -0.39 is 11.9 Å². The quantitative estimate of drug-likeness (QED) is 0.201. The minimum absolute atomic E-state index is 0.0439. The highest BCUT2D eigenvalue weighted by Crippen LogP contribution is 2.30. The van der Waals surface area contributed by atoms with E-state index in [1.165, 1.54) is 6.08 Å². The molecule has 0 spiro atoms. The molecule has 0 heterocycles. The van der Waals surface area contributed by atoms with Crippen molar-refractivity contribution in [1.29, 1.82) is 5.26 Å². The molecular weight excluding hydrogens is 614 g/mol. The van der Waals surface area contributed by atoms with E-state index in [2.05, 4.69) is 50.5 Å². The molecule has 0 unspecified atom stereocenters. The zero-order valence-corrected chi connectivity index (χ0v) is 20.5. The fourth-order valence-corrected chi connectivity index (χ4v) is 4.45. The van der Waals surface area contributed by atoms with Gasteiger partial charge in [-0.05, 0) is 100 Å². The number of nitriles is 1. The number of rotatable bonds is 8. The lowest BCUT2D eigenvalue weighted by Gasteiger charge is -2.11. The summed E-state index contributed by atoms with van der Waals surface area (Å²) in [6, 6.07) is 12.3. The van der Waals surface area contributed by atoms with Crippen LogP contribution in [0, 0.1) is 18.5 Å². The van der Waals surface area contributed by atoms with Gasteiger partial charge in [0.25, 0.3) is 5.91 Å². The summed E-state index contributed by atoms with van der Waals surface area (Å²) in [7, 11) is 1.56. The van der Waals surface area contributed by atoms with Gasteiger partial charge in [0.2, 0.25) is 0 Å². The van der Waals surface area contributed by atoms with E-state index in [4.69, 9.17) is 14.2 Å². The Bertz CT molecular complexity index is 974. The molecule has 1 N–H and O–H groups in total. The Morgan fingerprint density at radius 3 is 2.33 bits per heavy atom. The lowest BCUT2D eigenvalue weighted by molar-refractivity contribution is -0.145. The lowest BCUT2D eigenvalue weighted by Crippen LogP contribution is -2.15. The van der Waals surface area contributed by atoms with Gasteiger partial charge in [-0.1, -0.05) is 0 Å². The number of benzene rings is 2. The second-order valence-corrected chi connectivity index (χ2v) is 8.08. The third kappa shape index (κ3) is 6.88. The van der Waals surface area contributed by atoms with E-state index in [0.29, 0.717) is 22.7 Å². The summed E-state index contributed by atoms with van der Waals surface area (Å²) in [4.78, 5) is 24.0. The average Bonchev–Trinajstić information content (AvgIpc) is 2.72. The lowest BCUT2D eigenvalue weighted by atomic mass is 10.1. The van der Waals surface area contributed by atoms with Crippen LogP contribution in [0.2, 0.25) is 0 Å². The van der Waals surface area contributed by atoms with E-state index in [0.717, 1.165) is 7.14 Å². The van der Waals surface area contributed by atoms with Crippen molar-refractivity contribution >= 4 is 68.8 Å². The highest BCUT2D eigenvalue weighted by Gasteiger charge is 2.14. The van der Waals surface area contributed by atoms with E-state index in [1.807, 2.05) is 6.07 Å². The van der Waals surface area contributed by atoms with Crippen molar-refractivity contribution in [3.05, 3.63) is 54.7 Å². The van der Waals surface area contributed by atoms with Gasteiger partial charge < -0.3 is 19.5 Å². The maximum absolute atomic E-state index is 12.5. The monoisotopic (exact) mass is 632 g/mol. The fourth-order valence-electron chi connectivity index (χ4n) is 2.32. The minimum atomic E-state index is -0.518. The summed E-state index contributed by atoms with van der Waals surface area (Å²) < 4.78 is 17.0. The van der Waals surface area contributed by atoms with Gasteiger partial charge in [0.05, 0.1) is 20.9 Å². The molecule has 0 saturated heterocycles. The molecule has 1 amide bonds. The molecule has 0 saturated carbocycles. The van der Waals surface area contributed by atoms with Crippen LogP contribution in [0.3, 0.4) is 0 Å². The first-order valence-electron chi connectivity index (χ1n) is 8.72. The predicted octanol–water partition coefficient (Wildman–Crippen LogP) is 4.39. The van der Waals surface area contributed by atoms with Crippen molar-refractivity contribution in [2.24, 2.45) is 0 Å². The van der Waals surface area contributed by atoms with Gasteiger partial charge in [-0.25, -0.2) is 4.79 Å². The Hall–Kier alpha value is -2.33. The SMILES string of the molecule is CCOC(=O)COc1c(I)cc(/C=C(/C#N)C(=O)Nc2ccc(OC)cc2)cc1I. The van der Waals surface area contributed by atoms with E-state index in [-0.39, 0.29) is 18.8 Å². The van der Waals surface area contributed by atoms with Crippen LogP contribution in [0.4, 0.5) is 5.69 Å². The van der Waals surface area contributed by atoms with Crippen molar-refractivity contribution in [3.8, 4) is 17.6 Å². The van der Waals surface area contributed by atoms with Gasteiger partial charge >= 0.3 is 5.97 Å². The maximum Gasteiger partial charge on any atom is 0.344 e. The van der Waals surface area contributed by atoms with Crippen LogP contribution in [0.5, 0.6) is 11.5 Å². The summed E-state index contributed by atoms with van der Waals surface area (Å²) in [6.45, 7) is 1.82. The van der Waals surface area contributed by atoms with Gasteiger partial charge in [0.15, 0.2) is 6.61 Å². The first-order valence-corrected chi connectivity index (χ1v) is 10.9. The molecule has 2 aromatic carbocycles. The molecule has 0 aliphatic rings. The van der Waals surface area contributed by atoms with Crippen molar-refractivity contribution in [2.75, 3.05) is 25.6 Å². The molecule has 0 bridgehead atoms. The van der Waals surface area contributed by atoms with Crippen LogP contribution in [0.25, 0.3) is 6.08 Å². The number of carbonyl (C=O) groups excluding carboxylic acids is 2. The number of ether oxygens (including phenoxy) is 3. The molecule has 7 nitrogen and oxygen atoms in total. The number of amides is 1. The van der Waals surface area contributed by atoms with Crippen LogP contribution in [0.1, 0.15) is 12.5 Å². The molecule has 30 heavy (non-hydrogen) atoms. The summed E-state index contributed by atoms with van der Waals surface area (Å²) in [6.07, 6.45) is 1.50. The van der Waals surface area contributed by atoms with E-state index in [1.54, 1.807) is 50.4 Å². The molecule has 0 aliphatic carbocycles. The highest BCUT2D eigenvalue weighted by molar-refractivity contribution is 14.1. The average molecular weight is 632 g/mol. The Morgan fingerprint density at radius 2 is 1.80 bits per heavy atom. The Labute approximate surface area is 201 Å². The summed E-state index contributed by atoms with van der Waals surface area (Å²) >= 11 is 4.15. The maximum atomic E-state index is 12.5. The summed E-state index contributed by atoms with van der Waals surface area (Å²) in [5.41, 5.74) is 1.17. The molecule has 0 aromatic heterocycles. The number of hydrogen-bond acceptors (Lipinski definition) is 6. The number of nitrogens with one attached hydrogen (secondary N) is 1. The van der Waals surface area contributed by atoms with Gasteiger partial charge in [-0.2, -0.15) is 5.26 Å². The number of halogens is 2. The van der Waals surface area contributed by atoms with Crippen LogP contribution in [-0.4, -0.2) is 32.2 Å². The predicted molar refractivity (Wildman–Crippen MR) is 129 cm³/mol. The first kappa shape index (κ1) is 23.9. The number of esters is 1. The normalized spacial score (nSPS) is 10.7. The number of carbonyl (C=O) groups is 2. The molecular formula is C21H18I2N2O5. The smallest absolute Gasteiger partial charge is 0.344 e. The first-order chi connectivity index (χ1) is 14.4. The van der Waals surface area contributed by atoms with E-state index in [9.17, 15) is 14.9 Å². The van der Waals surface area contributed by atoms with Crippen molar-refractivity contribution < 1.29 is 23.8 Å². The molecule has 0 atom stereocenters. The second-order valence-electron chi connectivity index (χ2n) is 5.76. The van der Waals surface area contributed by atoms with Gasteiger partial charge in [0, 0.05) is 5.69 Å². The topological polar surface area (TPSA) is 97.7 Å². The van der Waals surface area contributed by atoms with Gasteiger partial charge in [-0.15, -0.1) is 0 Å². The zero-order valence-electron chi connectivity index (χ0n) is 16.2. The summed E-state index contributed by atoms with van der Waals surface area (Å²) in [5.74, 6) is 0.242. The second kappa shape index (κ2) is 11.8. The number of methoxy groups -OCH3 is 1. The third-order valence-electron chi connectivity index (χ3n) is 3.68. The molecule has 0 fully saturated rings. The number of hydrogen-bond donors (Lipinski definition) is 1. The van der Waals surface area contributed by atoms with Crippen LogP contribution < -0.4 is 14.8 Å². The number of nitrogens with zero attached hydrogens (tertiary/aromatic N) is 1. The molecule has 2 rings (SSSR count). The Kier molecular flexibility index (Phi) is 9.38.